The topological polar surface area (TPSA) is 53.3 Å². The number of benzene rings is 1. The maximum absolute atomic E-state index is 13.8. The van der Waals surface area contributed by atoms with E-state index >= 15 is 0 Å². The first-order valence-corrected chi connectivity index (χ1v) is 6.28. The molecule has 0 amide bonds. The van der Waals surface area contributed by atoms with Crippen molar-refractivity contribution in [1.82, 2.24) is 4.90 Å². The van der Waals surface area contributed by atoms with E-state index in [2.05, 4.69) is 6.58 Å². The zero-order chi connectivity index (χ0) is 15.0. The highest BCUT2D eigenvalue weighted by atomic mass is 19.1. The molecule has 0 atom stereocenters. The first kappa shape index (κ1) is 15.9. The van der Waals surface area contributed by atoms with Gasteiger partial charge in [0.1, 0.15) is 5.82 Å². The molecule has 0 aliphatic rings. The van der Waals surface area contributed by atoms with Gasteiger partial charge in [0.05, 0.1) is 24.8 Å². The summed E-state index contributed by atoms with van der Waals surface area (Å²) in [6, 6.07) is 6.17. The zero-order valence-electron chi connectivity index (χ0n) is 11.4. The van der Waals surface area contributed by atoms with Gasteiger partial charge in [-0.25, -0.2) is 4.39 Å². The van der Waals surface area contributed by atoms with Crippen LogP contribution in [0.25, 0.3) is 0 Å². The predicted molar refractivity (Wildman–Crippen MR) is 73.2 cm³/mol. The standard InChI is InChI=1S/C15H17FN2O2/c1-3-7-18(11-15(19)20-4-2)10-13-6-5-12(9-17)8-14(13)16/h3,5-6,8H,1,4,7,10-11H2,2H3. The zero-order valence-corrected chi connectivity index (χ0v) is 11.4. The van der Waals surface area contributed by atoms with E-state index in [9.17, 15) is 9.18 Å². The Hall–Kier alpha value is -2.19. The SMILES string of the molecule is C=CCN(CC(=O)OCC)Cc1ccc(C#N)cc1F. The van der Waals surface area contributed by atoms with Crippen LogP contribution in [0.1, 0.15) is 18.1 Å². The molecule has 0 N–H and O–H groups in total. The van der Waals surface area contributed by atoms with Crippen molar-refractivity contribution in [3.8, 4) is 6.07 Å². The molecule has 20 heavy (non-hydrogen) atoms. The van der Waals surface area contributed by atoms with Crippen molar-refractivity contribution in [3.63, 3.8) is 0 Å². The maximum Gasteiger partial charge on any atom is 0.320 e. The molecule has 106 valence electrons. The minimum atomic E-state index is -0.457. The molecule has 0 heterocycles. The molecule has 0 radical (unpaired) electrons. The summed E-state index contributed by atoms with van der Waals surface area (Å²) >= 11 is 0. The average molecular weight is 276 g/mol. The second-order valence-corrected chi connectivity index (χ2v) is 4.18. The highest BCUT2D eigenvalue weighted by molar-refractivity contribution is 5.71. The van der Waals surface area contributed by atoms with Gasteiger partial charge in [-0.05, 0) is 19.1 Å². The number of hydrogen-bond donors (Lipinski definition) is 0. The largest absolute Gasteiger partial charge is 0.465 e. The lowest BCUT2D eigenvalue weighted by atomic mass is 10.1. The Morgan fingerprint density at radius 1 is 1.60 bits per heavy atom. The van der Waals surface area contributed by atoms with Crippen LogP contribution in [0.4, 0.5) is 4.39 Å². The van der Waals surface area contributed by atoms with E-state index < -0.39 is 5.82 Å². The minimum absolute atomic E-state index is 0.0688. The average Bonchev–Trinajstić information content (AvgIpc) is 2.41. The molecule has 0 spiro atoms. The fourth-order valence-corrected chi connectivity index (χ4v) is 1.74. The van der Waals surface area contributed by atoms with E-state index in [0.717, 1.165) is 0 Å². The van der Waals surface area contributed by atoms with Crippen LogP contribution < -0.4 is 0 Å². The number of nitrogens with zero attached hydrogens (tertiary/aromatic N) is 2. The predicted octanol–water partition coefficient (Wildman–Crippen LogP) is 2.25. The molecule has 5 heteroatoms. The van der Waals surface area contributed by atoms with Crippen LogP contribution in [0.2, 0.25) is 0 Å². The summed E-state index contributed by atoms with van der Waals surface area (Å²) in [5.41, 5.74) is 0.696. The van der Waals surface area contributed by atoms with E-state index in [1.54, 1.807) is 30.0 Å². The molecule has 0 fully saturated rings. The number of carbonyl (C=O) groups excluding carboxylic acids is 1. The summed E-state index contributed by atoms with van der Waals surface area (Å²) < 4.78 is 18.7. The number of esters is 1. The molecule has 0 aromatic heterocycles. The smallest absolute Gasteiger partial charge is 0.320 e. The van der Waals surface area contributed by atoms with Crippen molar-refractivity contribution >= 4 is 5.97 Å². The summed E-state index contributed by atoms with van der Waals surface area (Å²) in [6.45, 7) is 6.42. The van der Waals surface area contributed by atoms with Gasteiger partial charge in [-0.1, -0.05) is 12.1 Å². The lowest BCUT2D eigenvalue weighted by Gasteiger charge is -2.19. The number of rotatable bonds is 7. The van der Waals surface area contributed by atoms with Crippen molar-refractivity contribution in [2.45, 2.75) is 13.5 Å². The molecule has 0 saturated carbocycles. The van der Waals surface area contributed by atoms with Crippen LogP contribution in [-0.2, 0) is 16.1 Å². The fraction of sp³-hybridized carbons (Fsp3) is 0.333. The molecule has 0 bridgehead atoms. The van der Waals surface area contributed by atoms with E-state index in [1.807, 2.05) is 6.07 Å². The second-order valence-electron chi connectivity index (χ2n) is 4.18. The lowest BCUT2D eigenvalue weighted by molar-refractivity contribution is -0.144. The summed E-state index contributed by atoms with van der Waals surface area (Å²) in [6.07, 6.45) is 1.64. The van der Waals surface area contributed by atoms with Crippen molar-refractivity contribution in [2.24, 2.45) is 0 Å². The molecule has 0 saturated heterocycles. The molecule has 0 aliphatic carbocycles. The quantitative estimate of drug-likeness (QED) is 0.566. The van der Waals surface area contributed by atoms with Crippen LogP contribution in [0.5, 0.6) is 0 Å². The van der Waals surface area contributed by atoms with Crippen LogP contribution in [0, 0.1) is 17.1 Å². The summed E-state index contributed by atoms with van der Waals surface area (Å²) in [7, 11) is 0. The molecule has 1 aromatic rings. The Labute approximate surface area is 118 Å². The lowest BCUT2D eigenvalue weighted by Crippen LogP contribution is -2.31. The first-order chi connectivity index (χ1) is 9.60. The second kappa shape index (κ2) is 8.08. The monoisotopic (exact) mass is 276 g/mol. The molecule has 0 unspecified atom stereocenters. The number of ether oxygens (including phenoxy) is 1. The highest BCUT2D eigenvalue weighted by Crippen LogP contribution is 2.12. The van der Waals surface area contributed by atoms with Gasteiger partial charge in [0, 0.05) is 18.7 Å². The molecule has 1 rings (SSSR count). The maximum atomic E-state index is 13.8. The minimum Gasteiger partial charge on any atom is -0.465 e. The highest BCUT2D eigenvalue weighted by Gasteiger charge is 2.13. The number of hydrogen-bond acceptors (Lipinski definition) is 4. The Morgan fingerprint density at radius 2 is 2.35 bits per heavy atom. The normalized spacial score (nSPS) is 10.1. The van der Waals surface area contributed by atoms with Crippen LogP contribution in [0.3, 0.4) is 0 Å². The van der Waals surface area contributed by atoms with Crippen molar-refractivity contribution < 1.29 is 13.9 Å². The van der Waals surface area contributed by atoms with E-state index in [1.165, 1.54) is 6.07 Å². The first-order valence-electron chi connectivity index (χ1n) is 6.28. The molecular weight excluding hydrogens is 259 g/mol. The van der Waals surface area contributed by atoms with Gasteiger partial charge in [-0.3, -0.25) is 9.69 Å². The number of nitriles is 1. The van der Waals surface area contributed by atoms with Crippen molar-refractivity contribution in [2.75, 3.05) is 19.7 Å². The van der Waals surface area contributed by atoms with Crippen LogP contribution >= 0.6 is 0 Å². The third-order valence-corrected chi connectivity index (χ3v) is 2.62. The number of halogens is 1. The van der Waals surface area contributed by atoms with E-state index in [4.69, 9.17) is 10.00 Å². The van der Waals surface area contributed by atoms with Gasteiger partial charge < -0.3 is 4.74 Å². The number of carbonyl (C=O) groups is 1. The summed E-state index contributed by atoms with van der Waals surface area (Å²) in [5.74, 6) is -0.814. The molecule has 0 aliphatic heterocycles. The van der Waals surface area contributed by atoms with Gasteiger partial charge >= 0.3 is 5.97 Å². The third-order valence-electron chi connectivity index (χ3n) is 2.62. The van der Waals surface area contributed by atoms with Gasteiger partial charge in [-0.15, -0.1) is 6.58 Å². The Bertz CT molecular complexity index is 523. The Kier molecular flexibility index (Phi) is 6.41. The molecule has 4 nitrogen and oxygen atoms in total. The molecule has 1 aromatic carbocycles. The Morgan fingerprint density at radius 3 is 2.90 bits per heavy atom. The van der Waals surface area contributed by atoms with Gasteiger partial charge in [0.25, 0.3) is 0 Å². The molecular formula is C15H17FN2O2. The fourth-order valence-electron chi connectivity index (χ4n) is 1.74. The van der Waals surface area contributed by atoms with E-state index in [0.29, 0.717) is 18.7 Å². The van der Waals surface area contributed by atoms with E-state index in [-0.39, 0.29) is 24.6 Å². The van der Waals surface area contributed by atoms with Crippen LogP contribution in [-0.4, -0.2) is 30.6 Å². The summed E-state index contributed by atoms with van der Waals surface area (Å²) in [4.78, 5) is 13.2. The Balaban J connectivity index is 2.77. The van der Waals surface area contributed by atoms with Gasteiger partial charge in [-0.2, -0.15) is 5.26 Å². The van der Waals surface area contributed by atoms with Gasteiger partial charge in [0.2, 0.25) is 0 Å². The van der Waals surface area contributed by atoms with Gasteiger partial charge in [0.15, 0.2) is 0 Å². The van der Waals surface area contributed by atoms with Crippen molar-refractivity contribution in [1.29, 1.82) is 5.26 Å². The van der Waals surface area contributed by atoms with Crippen molar-refractivity contribution in [3.05, 3.63) is 47.8 Å². The summed E-state index contributed by atoms with van der Waals surface area (Å²) in [5, 5.41) is 8.70. The third kappa shape index (κ3) is 4.82. The van der Waals surface area contributed by atoms with Crippen LogP contribution in [0.15, 0.2) is 30.9 Å².